The van der Waals surface area contributed by atoms with Crippen LogP contribution in [-0.4, -0.2) is 10.7 Å². The highest BCUT2D eigenvalue weighted by atomic mass is 79.9. The Hall–Kier alpha value is -0.340. The van der Waals surface area contributed by atoms with Crippen LogP contribution in [0.4, 0.5) is 0 Å². The third-order valence-corrected chi connectivity index (χ3v) is 3.48. The van der Waals surface area contributed by atoms with Gasteiger partial charge in [0, 0.05) is 4.47 Å². The van der Waals surface area contributed by atoms with Gasteiger partial charge in [0.2, 0.25) is 0 Å². The van der Waals surface area contributed by atoms with Crippen LogP contribution in [0.15, 0.2) is 22.7 Å². The van der Waals surface area contributed by atoms with E-state index in [-0.39, 0.29) is 5.60 Å². The Kier molecular flexibility index (Phi) is 2.67. The molecule has 14 heavy (non-hydrogen) atoms. The average Bonchev–Trinajstić information content (AvgIpc) is 2.83. The van der Waals surface area contributed by atoms with Crippen LogP contribution >= 0.6 is 15.9 Å². The van der Waals surface area contributed by atoms with E-state index in [1.54, 1.807) is 0 Å². The molecule has 1 saturated carbocycles. The van der Waals surface area contributed by atoms with Crippen molar-refractivity contribution in [3.63, 3.8) is 0 Å². The number of hydrogen-bond acceptors (Lipinski definition) is 1. The minimum absolute atomic E-state index is 0.320. The first kappa shape index (κ1) is 10.2. The molecule has 1 aliphatic rings. The van der Waals surface area contributed by atoms with Crippen molar-refractivity contribution in [3.05, 3.63) is 33.8 Å². The van der Waals surface area contributed by atoms with Gasteiger partial charge < -0.3 is 5.11 Å². The molecular formula is C12H15BrO. The topological polar surface area (TPSA) is 20.2 Å². The molecule has 1 fully saturated rings. The molecule has 1 aromatic rings. The SMILES string of the molecule is Cc1cc(Br)ccc1CCC1(O)CC1. The first-order valence-corrected chi connectivity index (χ1v) is 5.86. The summed E-state index contributed by atoms with van der Waals surface area (Å²) in [6.45, 7) is 2.12. The molecule has 0 heterocycles. The fourth-order valence-electron chi connectivity index (χ4n) is 1.70. The van der Waals surface area contributed by atoms with Crippen LogP contribution in [-0.2, 0) is 6.42 Å². The molecule has 0 bridgehead atoms. The largest absolute Gasteiger partial charge is 0.390 e. The number of benzene rings is 1. The van der Waals surface area contributed by atoms with Gasteiger partial charge in [-0.15, -0.1) is 0 Å². The van der Waals surface area contributed by atoms with Crippen molar-refractivity contribution < 1.29 is 5.11 Å². The molecule has 1 nitrogen and oxygen atoms in total. The van der Waals surface area contributed by atoms with E-state index in [2.05, 4.69) is 41.1 Å². The molecular weight excluding hydrogens is 240 g/mol. The summed E-state index contributed by atoms with van der Waals surface area (Å²) in [4.78, 5) is 0. The maximum Gasteiger partial charge on any atom is 0.0653 e. The van der Waals surface area contributed by atoms with Gasteiger partial charge in [0.25, 0.3) is 0 Å². The molecule has 0 amide bonds. The van der Waals surface area contributed by atoms with Crippen LogP contribution in [0.3, 0.4) is 0 Å². The minimum Gasteiger partial charge on any atom is -0.390 e. The monoisotopic (exact) mass is 254 g/mol. The van der Waals surface area contributed by atoms with E-state index in [1.807, 2.05) is 0 Å². The van der Waals surface area contributed by atoms with Crippen LogP contribution < -0.4 is 0 Å². The number of rotatable bonds is 3. The van der Waals surface area contributed by atoms with E-state index >= 15 is 0 Å². The Morgan fingerprint density at radius 1 is 1.43 bits per heavy atom. The van der Waals surface area contributed by atoms with Gasteiger partial charge in [-0.25, -0.2) is 0 Å². The molecule has 0 unspecified atom stereocenters. The second-order valence-corrected chi connectivity index (χ2v) is 5.21. The molecule has 0 aliphatic heterocycles. The Bertz CT molecular complexity index is 342. The molecule has 76 valence electrons. The van der Waals surface area contributed by atoms with Crippen molar-refractivity contribution in [2.24, 2.45) is 0 Å². The highest BCUT2D eigenvalue weighted by Gasteiger charge is 2.39. The predicted octanol–water partition coefficient (Wildman–Crippen LogP) is 3.22. The Balaban J connectivity index is 2.02. The van der Waals surface area contributed by atoms with Crippen molar-refractivity contribution >= 4 is 15.9 Å². The summed E-state index contributed by atoms with van der Waals surface area (Å²) in [7, 11) is 0. The van der Waals surface area contributed by atoms with Gasteiger partial charge in [-0.05, 0) is 55.9 Å². The third-order valence-electron chi connectivity index (χ3n) is 2.99. The van der Waals surface area contributed by atoms with Gasteiger partial charge in [0.1, 0.15) is 0 Å². The third kappa shape index (κ3) is 2.37. The lowest BCUT2D eigenvalue weighted by Crippen LogP contribution is -2.08. The first-order valence-electron chi connectivity index (χ1n) is 5.06. The molecule has 0 radical (unpaired) electrons. The number of hydrogen-bond donors (Lipinski definition) is 1. The van der Waals surface area contributed by atoms with Crippen molar-refractivity contribution in [1.82, 2.24) is 0 Å². The summed E-state index contributed by atoms with van der Waals surface area (Å²) in [6.07, 6.45) is 3.89. The zero-order valence-corrected chi connectivity index (χ0v) is 9.97. The highest BCUT2D eigenvalue weighted by Crippen LogP contribution is 2.39. The van der Waals surface area contributed by atoms with Crippen molar-refractivity contribution in [2.45, 2.75) is 38.2 Å². The summed E-state index contributed by atoms with van der Waals surface area (Å²) in [5.41, 5.74) is 2.34. The Morgan fingerprint density at radius 2 is 2.14 bits per heavy atom. The van der Waals surface area contributed by atoms with Gasteiger partial charge in [-0.1, -0.05) is 22.0 Å². The van der Waals surface area contributed by atoms with Gasteiger partial charge in [0.15, 0.2) is 0 Å². The molecule has 0 aromatic heterocycles. The number of halogens is 1. The van der Waals surface area contributed by atoms with Crippen LogP contribution in [0.1, 0.15) is 30.4 Å². The summed E-state index contributed by atoms with van der Waals surface area (Å²) < 4.78 is 1.13. The molecule has 1 N–H and O–H groups in total. The summed E-state index contributed by atoms with van der Waals surface area (Å²) >= 11 is 3.45. The summed E-state index contributed by atoms with van der Waals surface area (Å²) in [5.74, 6) is 0. The van der Waals surface area contributed by atoms with E-state index < -0.39 is 0 Å². The second kappa shape index (κ2) is 3.67. The van der Waals surface area contributed by atoms with E-state index in [9.17, 15) is 5.11 Å². The maximum absolute atomic E-state index is 9.73. The van der Waals surface area contributed by atoms with Crippen molar-refractivity contribution in [2.75, 3.05) is 0 Å². The van der Waals surface area contributed by atoms with Crippen LogP contribution in [0, 0.1) is 6.92 Å². The van der Waals surface area contributed by atoms with Crippen LogP contribution in [0.2, 0.25) is 0 Å². The van der Waals surface area contributed by atoms with E-state index in [4.69, 9.17) is 0 Å². The second-order valence-electron chi connectivity index (χ2n) is 4.30. The fraction of sp³-hybridized carbons (Fsp3) is 0.500. The van der Waals surface area contributed by atoms with Crippen molar-refractivity contribution in [1.29, 1.82) is 0 Å². The summed E-state index contributed by atoms with van der Waals surface area (Å²) in [5, 5.41) is 9.73. The minimum atomic E-state index is -0.320. The summed E-state index contributed by atoms with van der Waals surface area (Å²) in [6, 6.07) is 6.34. The lowest BCUT2D eigenvalue weighted by atomic mass is 10.0. The lowest BCUT2D eigenvalue weighted by Gasteiger charge is -2.09. The zero-order valence-electron chi connectivity index (χ0n) is 8.39. The zero-order chi connectivity index (χ0) is 10.2. The molecule has 1 aliphatic carbocycles. The molecule has 0 saturated heterocycles. The van der Waals surface area contributed by atoms with Gasteiger partial charge >= 0.3 is 0 Å². The van der Waals surface area contributed by atoms with Gasteiger partial charge in [0.05, 0.1) is 5.60 Å². The maximum atomic E-state index is 9.73. The van der Waals surface area contributed by atoms with E-state index in [0.717, 1.165) is 30.2 Å². The highest BCUT2D eigenvalue weighted by molar-refractivity contribution is 9.10. The average molecular weight is 255 g/mol. The molecule has 0 spiro atoms. The lowest BCUT2D eigenvalue weighted by molar-refractivity contribution is 0.140. The Labute approximate surface area is 93.3 Å². The fourth-order valence-corrected chi connectivity index (χ4v) is 2.18. The molecule has 0 atom stereocenters. The molecule has 2 heteroatoms. The first-order chi connectivity index (χ1) is 6.59. The van der Waals surface area contributed by atoms with Crippen LogP contribution in [0.5, 0.6) is 0 Å². The standard InChI is InChI=1S/C12H15BrO/c1-9-8-11(13)3-2-10(9)4-5-12(14)6-7-12/h2-3,8,14H,4-7H2,1H3. The molecule has 2 rings (SSSR count). The Morgan fingerprint density at radius 3 is 2.71 bits per heavy atom. The predicted molar refractivity (Wildman–Crippen MR) is 61.4 cm³/mol. The van der Waals surface area contributed by atoms with E-state index in [0.29, 0.717) is 0 Å². The quantitative estimate of drug-likeness (QED) is 0.879. The van der Waals surface area contributed by atoms with E-state index in [1.165, 1.54) is 11.1 Å². The number of aliphatic hydroxyl groups is 1. The van der Waals surface area contributed by atoms with Crippen LogP contribution in [0.25, 0.3) is 0 Å². The van der Waals surface area contributed by atoms with Gasteiger partial charge in [-0.2, -0.15) is 0 Å². The normalized spacial score (nSPS) is 18.2. The smallest absolute Gasteiger partial charge is 0.0653 e. The molecule has 1 aromatic carbocycles. The number of aryl methyl sites for hydroxylation is 2. The van der Waals surface area contributed by atoms with Gasteiger partial charge in [-0.3, -0.25) is 0 Å². The van der Waals surface area contributed by atoms with Crippen molar-refractivity contribution in [3.8, 4) is 0 Å².